The highest BCUT2D eigenvalue weighted by Gasteiger charge is 2.44. The maximum absolute atomic E-state index is 13.1. The lowest BCUT2D eigenvalue weighted by Crippen LogP contribution is -2.48. The van der Waals surface area contributed by atoms with E-state index < -0.39 is 0 Å². The molecule has 2 aromatic heterocycles. The van der Waals surface area contributed by atoms with E-state index in [4.69, 9.17) is 0 Å². The number of piperidine rings is 1. The highest BCUT2D eigenvalue weighted by molar-refractivity contribution is 5.92. The molecule has 1 aliphatic heterocycles. The quantitative estimate of drug-likeness (QED) is 0.700. The van der Waals surface area contributed by atoms with Gasteiger partial charge in [0, 0.05) is 24.2 Å². The highest BCUT2D eigenvalue weighted by atomic mass is 16.2. The third-order valence-electron chi connectivity index (χ3n) is 5.80. The molecule has 1 spiro atoms. The number of carbonyl (C=O) groups is 1. The van der Waals surface area contributed by atoms with Gasteiger partial charge in [-0.1, -0.05) is 12.1 Å². The number of amides is 1. The van der Waals surface area contributed by atoms with Crippen molar-refractivity contribution in [3.05, 3.63) is 57.9 Å². The molecular weight excluding hydrogens is 330 g/mol. The summed E-state index contributed by atoms with van der Waals surface area (Å²) in [5, 5.41) is 7.83. The van der Waals surface area contributed by atoms with Gasteiger partial charge in [0.1, 0.15) is 0 Å². The lowest BCUT2D eigenvalue weighted by atomic mass is 9.77. The van der Waals surface area contributed by atoms with Gasteiger partial charge in [-0.2, -0.15) is 5.10 Å². The highest BCUT2D eigenvalue weighted by Crippen LogP contribution is 2.43. The molecule has 3 aromatic rings. The summed E-state index contributed by atoms with van der Waals surface area (Å²) in [5.74, 6) is -0.0894. The zero-order valence-corrected chi connectivity index (χ0v) is 14.3. The van der Waals surface area contributed by atoms with Crippen LogP contribution < -0.4 is 5.56 Å². The summed E-state index contributed by atoms with van der Waals surface area (Å²) >= 11 is 0. The first kappa shape index (κ1) is 15.3. The van der Waals surface area contributed by atoms with E-state index in [1.54, 1.807) is 18.2 Å². The van der Waals surface area contributed by atoms with E-state index >= 15 is 0 Å². The second-order valence-corrected chi connectivity index (χ2v) is 7.31. The molecule has 1 aliphatic carbocycles. The van der Waals surface area contributed by atoms with Crippen LogP contribution in [0.3, 0.4) is 0 Å². The molecule has 2 N–H and O–H groups in total. The number of aromatic amines is 2. The van der Waals surface area contributed by atoms with Crippen molar-refractivity contribution in [2.75, 3.05) is 13.1 Å². The van der Waals surface area contributed by atoms with Crippen LogP contribution in [0.2, 0.25) is 0 Å². The predicted molar refractivity (Wildman–Crippen MR) is 96.1 cm³/mol. The molecule has 132 valence electrons. The molecule has 0 saturated carbocycles. The van der Waals surface area contributed by atoms with Gasteiger partial charge in [0.2, 0.25) is 0 Å². The Balaban J connectivity index is 1.49. The van der Waals surface area contributed by atoms with E-state index in [-0.39, 0.29) is 22.7 Å². The molecule has 1 amide bonds. The maximum Gasteiger partial charge on any atom is 0.289 e. The number of rotatable bonds is 1. The number of nitrogens with one attached hydrogen (secondary N) is 2. The van der Waals surface area contributed by atoms with Crippen molar-refractivity contribution in [3.8, 4) is 0 Å². The van der Waals surface area contributed by atoms with Gasteiger partial charge in [0.15, 0.2) is 5.82 Å². The summed E-state index contributed by atoms with van der Waals surface area (Å²) in [6.45, 7) is 1.32. The van der Waals surface area contributed by atoms with Crippen LogP contribution in [0.15, 0.2) is 35.3 Å². The second kappa shape index (κ2) is 5.52. The molecule has 1 fully saturated rings. The van der Waals surface area contributed by atoms with E-state index in [9.17, 15) is 9.59 Å². The Bertz CT molecular complexity index is 1070. The molecular formula is C19H19N5O2. The smallest absolute Gasteiger partial charge is 0.289 e. The summed E-state index contributed by atoms with van der Waals surface area (Å²) in [5.41, 5.74) is 2.66. The number of aromatic nitrogens is 4. The molecule has 3 heterocycles. The standard InChI is InChI=1S/C19H19N5O2/c25-17-13-4-1-2-5-14(13)21-16(22-17)18(26)24-9-3-7-19(11-24)8-6-12-10-20-23-15(12)19/h1-2,4-5,10H,3,6-9,11H2,(H,20,23)(H,21,22,25). The number of hydrogen-bond donors (Lipinski definition) is 2. The van der Waals surface area contributed by atoms with E-state index in [2.05, 4.69) is 20.2 Å². The predicted octanol–water partition coefficient (Wildman–Crippen LogP) is 1.77. The number of aryl methyl sites for hydroxylation is 1. The lowest BCUT2D eigenvalue weighted by Gasteiger charge is -2.40. The normalized spacial score (nSPS) is 22.1. The summed E-state index contributed by atoms with van der Waals surface area (Å²) in [7, 11) is 0. The first-order valence-corrected chi connectivity index (χ1v) is 8.97. The number of para-hydroxylation sites is 1. The monoisotopic (exact) mass is 349 g/mol. The van der Waals surface area contributed by atoms with Crippen molar-refractivity contribution in [2.45, 2.75) is 31.1 Å². The fourth-order valence-corrected chi connectivity index (χ4v) is 4.51. The van der Waals surface area contributed by atoms with Gasteiger partial charge in [-0.3, -0.25) is 14.7 Å². The van der Waals surface area contributed by atoms with Crippen LogP contribution in [0, 0.1) is 0 Å². The van der Waals surface area contributed by atoms with Crippen LogP contribution in [-0.4, -0.2) is 44.1 Å². The van der Waals surface area contributed by atoms with Crippen LogP contribution >= 0.6 is 0 Å². The van der Waals surface area contributed by atoms with Crippen molar-refractivity contribution in [2.24, 2.45) is 0 Å². The summed E-state index contributed by atoms with van der Waals surface area (Å²) < 4.78 is 0. The van der Waals surface area contributed by atoms with Gasteiger partial charge >= 0.3 is 0 Å². The van der Waals surface area contributed by atoms with Crippen LogP contribution in [-0.2, 0) is 11.8 Å². The molecule has 1 unspecified atom stereocenters. The molecule has 1 saturated heterocycles. The van der Waals surface area contributed by atoms with Crippen molar-refractivity contribution in [1.29, 1.82) is 0 Å². The van der Waals surface area contributed by atoms with E-state index in [1.807, 2.05) is 17.2 Å². The number of H-pyrrole nitrogens is 2. The zero-order valence-electron chi connectivity index (χ0n) is 14.3. The van der Waals surface area contributed by atoms with Crippen molar-refractivity contribution in [1.82, 2.24) is 25.1 Å². The van der Waals surface area contributed by atoms with Crippen LogP contribution in [0.1, 0.15) is 41.1 Å². The molecule has 26 heavy (non-hydrogen) atoms. The fourth-order valence-electron chi connectivity index (χ4n) is 4.51. The second-order valence-electron chi connectivity index (χ2n) is 7.31. The van der Waals surface area contributed by atoms with Crippen LogP contribution in [0.5, 0.6) is 0 Å². The van der Waals surface area contributed by atoms with Gasteiger partial charge in [0.25, 0.3) is 11.5 Å². The van der Waals surface area contributed by atoms with Crippen LogP contribution in [0.25, 0.3) is 10.9 Å². The van der Waals surface area contributed by atoms with Gasteiger partial charge < -0.3 is 9.88 Å². The molecule has 0 radical (unpaired) electrons. The Hall–Kier alpha value is -2.96. The van der Waals surface area contributed by atoms with Crippen molar-refractivity contribution in [3.63, 3.8) is 0 Å². The fraction of sp³-hybridized carbons (Fsp3) is 0.368. The van der Waals surface area contributed by atoms with Crippen LogP contribution in [0.4, 0.5) is 0 Å². The van der Waals surface area contributed by atoms with Gasteiger partial charge in [-0.25, -0.2) is 4.98 Å². The minimum absolute atomic E-state index is 0.0448. The Kier molecular flexibility index (Phi) is 3.25. The molecule has 5 rings (SSSR count). The molecule has 2 aliphatic rings. The summed E-state index contributed by atoms with van der Waals surface area (Å²) in [4.78, 5) is 34.2. The number of carbonyl (C=O) groups excluding carboxylic acids is 1. The van der Waals surface area contributed by atoms with Gasteiger partial charge in [-0.05, 0) is 43.4 Å². The number of likely N-dealkylation sites (tertiary alicyclic amines) is 1. The summed E-state index contributed by atoms with van der Waals surface area (Å²) in [6.07, 6.45) is 5.91. The third kappa shape index (κ3) is 2.20. The van der Waals surface area contributed by atoms with Crippen molar-refractivity contribution >= 4 is 16.8 Å². The number of nitrogens with zero attached hydrogens (tertiary/aromatic N) is 3. The number of fused-ring (bicyclic) bond motifs is 3. The van der Waals surface area contributed by atoms with Gasteiger partial charge in [-0.15, -0.1) is 0 Å². The summed E-state index contributed by atoms with van der Waals surface area (Å²) in [6, 6.07) is 7.07. The first-order valence-electron chi connectivity index (χ1n) is 8.97. The Morgan fingerprint density at radius 2 is 2.12 bits per heavy atom. The molecule has 1 atom stereocenters. The van der Waals surface area contributed by atoms with Crippen molar-refractivity contribution < 1.29 is 4.79 Å². The third-order valence-corrected chi connectivity index (χ3v) is 5.80. The van der Waals surface area contributed by atoms with E-state index in [0.717, 1.165) is 25.7 Å². The first-order chi connectivity index (χ1) is 12.7. The van der Waals surface area contributed by atoms with E-state index in [0.29, 0.717) is 24.0 Å². The molecule has 0 bridgehead atoms. The topological polar surface area (TPSA) is 94.7 Å². The number of hydrogen-bond acceptors (Lipinski definition) is 4. The largest absolute Gasteiger partial charge is 0.335 e. The molecule has 7 heteroatoms. The minimum atomic E-state index is -0.276. The Morgan fingerprint density at radius 3 is 3.04 bits per heavy atom. The molecule has 7 nitrogen and oxygen atoms in total. The average molecular weight is 349 g/mol. The number of benzene rings is 1. The van der Waals surface area contributed by atoms with E-state index in [1.165, 1.54) is 11.3 Å². The Labute approximate surface area is 149 Å². The molecule has 1 aromatic carbocycles. The SMILES string of the molecule is O=C(c1nc2ccccc2c(=O)[nH]1)N1CCCC2(CCc3cn[nH]c32)C1. The average Bonchev–Trinajstić information content (AvgIpc) is 3.26. The van der Waals surface area contributed by atoms with Gasteiger partial charge in [0.05, 0.1) is 17.1 Å². The minimum Gasteiger partial charge on any atom is -0.335 e. The lowest BCUT2D eigenvalue weighted by molar-refractivity contribution is 0.0620. The maximum atomic E-state index is 13.1. The zero-order chi connectivity index (χ0) is 17.7. The Morgan fingerprint density at radius 1 is 1.23 bits per heavy atom.